The summed E-state index contributed by atoms with van der Waals surface area (Å²) in [6, 6.07) is 6.95. The Balaban J connectivity index is 2.08. The van der Waals surface area contributed by atoms with Gasteiger partial charge in [-0.05, 0) is 31.7 Å². The van der Waals surface area contributed by atoms with Gasteiger partial charge in [-0.15, -0.1) is 11.8 Å². The molecule has 2 rings (SSSR count). The molecule has 1 aromatic rings. The highest BCUT2D eigenvalue weighted by atomic mass is 79.9. The van der Waals surface area contributed by atoms with Crippen LogP contribution in [-0.4, -0.2) is 25.5 Å². The van der Waals surface area contributed by atoms with E-state index in [0.717, 1.165) is 13.2 Å². The van der Waals surface area contributed by atoms with E-state index in [1.54, 1.807) is 0 Å². The molecule has 16 heavy (non-hydrogen) atoms. The van der Waals surface area contributed by atoms with Gasteiger partial charge in [0.25, 0.3) is 0 Å². The molecule has 0 spiro atoms. The van der Waals surface area contributed by atoms with E-state index in [2.05, 4.69) is 46.4 Å². The molecule has 2 nitrogen and oxygen atoms in total. The molecule has 0 radical (unpaired) electrons. The van der Waals surface area contributed by atoms with Gasteiger partial charge >= 0.3 is 0 Å². The molecule has 1 aromatic carbocycles. The summed E-state index contributed by atoms with van der Waals surface area (Å²) < 4.78 is 6.35. The van der Waals surface area contributed by atoms with Gasteiger partial charge in [-0.25, -0.2) is 0 Å². The second kappa shape index (κ2) is 5.54. The minimum Gasteiger partial charge on any atom is -0.379 e. The lowest BCUT2D eigenvalue weighted by atomic mass is 10.1. The van der Waals surface area contributed by atoms with Crippen molar-refractivity contribution in [2.75, 3.05) is 20.3 Å². The predicted molar refractivity (Wildman–Crippen MR) is 72.1 cm³/mol. The smallest absolute Gasteiger partial charge is 0.0611 e. The van der Waals surface area contributed by atoms with Crippen molar-refractivity contribution >= 4 is 27.7 Å². The molecule has 1 N–H and O–H groups in total. The van der Waals surface area contributed by atoms with E-state index in [9.17, 15) is 0 Å². The summed E-state index contributed by atoms with van der Waals surface area (Å²) >= 11 is 5.53. The standard InChI is InChI=1S/C12H16BrNOS/c1-8(14-2)11-4-3-9(5-12(11)13)16-10-6-15-7-10/h3-5,8,10,14H,6-7H2,1-2H3. The molecule has 0 aromatic heterocycles. The molecule has 0 amide bonds. The van der Waals surface area contributed by atoms with E-state index < -0.39 is 0 Å². The van der Waals surface area contributed by atoms with Crippen molar-refractivity contribution < 1.29 is 4.74 Å². The van der Waals surface area contributed by atoms with Crippen molar-refractivity contribution in [3.63, 3.8) is 0 Å². The molecule has 0 bridgehead atoms. The Bertz CT molecular complexity index is 368. The Hall–Kier alpha value is -0.0300. The predicted octanol–water partition coefficient (Wildman–Crippen LogP) is 3.22. The molecule has 1 aliphatic rings. The zero-order valence-electron chi connectivity index (χ0n) is 9.50. The minimum atomic E-state index is 0.375. The molecule has 1 atom stereocenters. The van der Waals surface area contributed by atoms with Crippen molar-refractivity contribution in [1.82, 2.24) is 5.32 Å². The Morgan fingerprint density at radius 1 is 1.50 bits per heavy atom. The van der Waals surface area contributed by atoms with Crippen LogP contribution in [0.2, 0.25) is 0 Å². The minimum absolute atomic E-state index is 0.375. The van der Waals surface area contributed by atoms with E-state index in [-0.39, 0.29) is 0 Å². The van der Waals surface area contributed by atoms with E-state index in [4.69, 9.17) is 4.74 Å². The highest BCUT2D eigenvalue weighted by Crippen LogP contribution is 2.32. The monoisotopic (exact) mass is 301 g/mol. The number of ether oxygens (including phenoxy) is 1. The molecule has 1 fully saturated rings. The number of thioether (sulfide) groups is 1. The molecular formula is C12H16BrNOS. The summed E-state index contributed by atoms with van der Waals surface area (Å²) in [4.78, 5) is 1.31. The summed E-state index contributed by atoms with van der Waals surface area (Å²) in [6.07, 6.45) is 0. The number of rotatable bonds is 4. The molecule has 0 saturated carbocycles. The third kappa shape index (κ3) is 2.80. The number of hydrogen-bond acceptors (Lipinski definition) is 3. The van der Waals surface area contributed by atoms with Crippen molar-refractivity contribution in [2.45, 2.75) is 23.1 Å². The van der Waals surface area contributed by atoms with Crippen molar-refractivity contribution in [3.05, 3.63) is 28.2 Å². The van der Waals surface area contributed by atoms with Gasteiger partial charge in [0.1, 0.15) is 0 Å². The fraction of sp³-hybridized carbons (Fsp3) is 0.500. The molecule has 1 aliphatic heterocycles. The van der Waals surface area contributed by atoms with Crippen molar-refractivity contribution in [1.29, 1.82) is 0 Å². The van der Waals surface area contributed by atoms with Crippen LogP contribution in [0.25, 0.3) is 0 Å². The third-order valence-electron chi connectivity index (χ3n) is 2.78. The SMILES string of the molecule is CNC(C)c1ccc(SC2COC2)cc1Br. The van der Waals surface area contributed by atoms with Crippen LogP contribution < -0.4 is 5.32 Å². The van der Waals surface area contributed by atoms with Crippen LogP contribution in [0, 0.1) is 0 Å². The lowest BCUT2D eigenvalue weighted by molar-refractivity contribution is 0.0455. The van der Waals surface area contributed by atoms with Crippen molar-refractivity contribution in [2.24, 2.45) is 0 Å². The van der Waals surface area contributed by atoms with Crippen LogP contribution in [0.15, 0.2) is 27.6 Å². The lowest BCUT2D eigenvalue weighted by Gasteiger charge is -2.25. The second-order valence-electron chi connectivity index (χ2n) is 3.97. The van der Waals surface area contributed by atoms with Crippen LogP contribution in [0.4, 0.5) is 0 Å². The Morgan fingerprint density at radius 3 is 2.75 bits per heavy atom. The summed E-state index contributed by atoms with van der Waals surface area (Å²) in [7, 11) is 1.98. The van der Waals surface area contributed by atoms with Crippen LogP contribution in [0.1, 0.15) is 18.5 Å². The fourth-order valence-electron chi connectivity index (χ4n) is 1.56. The maximum Gasteiger partial charge on any atom is 0.0611 e. The third-order valence-corrected chi connectivity index (χ3v) is 4.60. The summed E-state index contributed by atoms with van der Waals surface area (Å²) in [5.41, 5.74) is 1.30. The zero-order valence-corrected chi connectivity index (χ0v) is 11.9. The highest BCUT2D eigenvalue weighted by molar-refractivity contribution is 9.10. The first kappa shape index (κ1) is 12.4. The Labute approximate surface area is 109 Å². The van der Waals surface area contributed by atoms with E-state index in [1.807, 2.05) is 18.8 Å². The van der Waals surface area contributed by atoms with Crippen LogP contribution in [0.3, 0.4) is 0 Å². The molecule has 4 heteroatoms. The van der Waals surface area contributed by atoms with E-state index in [1.165, 1.54) is 14.9 Å². The van der Waals surface area contributed by atoms with Crippen LogP contribution in [0.5, 0.6) is 0 Å². The molecule has 1 saturated heterocycles. The number of nitrogens with one attached hydrogen (secondary N) is 1. The number of halogens is 1. The summed E-state index contributed by atoms with van der Waals surface area (Å²) in [6.45, 7) is 3.93. The van der Waals surface area contributed by atoms with Gasteiger partial charge in [0.2, 0.25) is 0 Å². The largest absolute Gasteiger partial charge is 0.379 e. The zero-order chi connectivity index (χ0) is 11.5. The van der Waals surface area contributed by atoms with Gasteiger partial charge in [-0.3, -0.25) is 0 Å². The first-order chi connectivity index (χ1) is 7.70. The maximum absolute atomic E-state index is 5.17. The Kier molecular flexibility index (Phi) is 4.30. The van der Waals surface area contributed by atoms with Gasteiger partial charge < -0.3 is 10.1 Å². The number of benzene rings is 1. The lowest BCUT2D eigenvalue weighted by Crippen LogP contribution is -2.30. The quantitative estimate of drug-likeness (QED) is 0.923. The van der Waals surface area contributed by atoms with Crippen molar-refractivity contribution in [3.8, 4) is 0 Å². The average Bonchev–Trinajstić information content (AvgIpc) is 2.23. The van der Waals surface area contributed by atoms with Crippen LogP contribution in [-0.2, 0) is 4.74 Å². The second-order valence-corrected chi connectivity index (χ2v) is 6.20. The number of hydrogen-bond donors (Lipinski definition) is 1. The van der Waals surface area contributed by atoms with E-state index in [0.29, 0.717) is 11.3 Å². The van der Waals surface area contributed by atoms with E-state index >= 15 is 0 Å². The first-order valence-electron chi connectivity index (χ1n) is 5.42. The first-order valence-corrected chi connectivity index (χ1v) is 7.09. The molecular weight excluding hydrogens is 286 g/mol. The van der Waals surface area contributed by atoms with Gasteiger partial charge in [-0.2, -0.15) is 0 Å². The molecule has 1 heterocycles. The van der Waals surface area contributed by atoms with Gasteiger partial charge in [-0.1, -0.05) is 22.0 Å². The molecule has 1 unspecified atom stereocenters. The molecule has 0 aliphatic carbocycles. The van der Waals surface area contributed by atoms with Gasteiger partial charge in [0.05, 0.1) is 18.5 Å². The normalized spacial score (nSPS) is 18.2. The maximum atomic E-state index is 5.17. The molecule has 88 valence electrons. The summed E-state index contributed by atoms with van der Waals surface area (Å²) in [5.74, 6) is 0. The van der Waals surface area contributed by atoms with Gasteiger partial charge in [0.15, 0.2) is 0 Å². The van der Waals surface area contributed by atoms with Crippen LogP contribution >= 0.6 is 27.7 Å². The topological polar surface area (TPSA) is 21.3 Å². The Morgan fingerprint density at radius 2 is 2.25 bits per heavy atom. The average molecular weight is 302 g/mol. The highest BCUT2D eigenvalue weighted by Gasteiger charge is 2.19. The fourth-order valence-corrected chi connectivity index (χ4v) is 3.48. The van der Waals surface area contributed by atoms with Gasteiger partial charge in [0, 0.05) is 15.4 Å². The summed E-state index contributed by atoms with van der Waals surface area (Å²) in [5, 5.41) is 3.89.